The monoisotopic (exact) mass is 803 g/mol. The summed E-state index contributed by atoms with van der Waals surface area (Å²) in [5.41, 5.74) is -2.39. The van der Waals surface area contributed by atoms with E-state index in [1.807, 2.05) is 34.6 Å². The van der Waals surface area contributed by atoms with Gasteiger partial charge < -0.3 is 26.2 Å². The lowest BCUT2D eigenvalue weighted by atomic mass is 9.70. The SMILES string of the molecule is CCN(C(C)(C)C)S(=O)(=O)CC1(NC(=O)N[C@H](C(=O)N2C[C@H]3[C@@H]([C@H]2C(=O)N[C@@H](CCC2CC2)C(=O)C(=O)NC2CC2)C3(C)C)C2(C)CCCCC2)CCCCC1. The number of nitrogens with zero attached hydrogens (tertiary/aromatic N) is 2. The molecule has 0 aromatic rings. The Balaban J connectivity index is 1.24. The molecule has 14 heteroatoms. The summed E-state index contributed by atoms with van der Waals surface area (Å²) in [5.74, 6) is -1.82. The largest absolute Gasteiger partial charge is 0.347 e. The molecule has 0 bridgehead atoms. The maximum absolute atomic E-state index is 15.1. The van der Waals surface area contributed by atoms with E-state index in [1.54, 1.807) is 4.90 Å². The number of carbonyl (C=O) groups is 5. The molecule has 0 spiro atoms. The van der Waals surface area contributed by atoms with Crippen LogP contribution in [0.25, 0.3) is 0 Å². The molecule has 6 fully saturated rings. The van der Waals surface area contributed by atoms with Crippen molar-refractivity contribution in [3.05, 3.63) is 0 Å². The summed E-state index contributed by atoms with van der Waals surface area (Å²) in [5, 5.41) is 12.0. The second-order valence-corrected chi connectivity index (χ2v) is 22.2. The Morgan fingerprint density at radius 2 is 1.46 bits per heavy atom. The van der Waals surface area contributed by atoms with E-state index in [1.165, 1.54) is 4.31 Å². The molecule has 0 aromatic carbocycles. The van der Waals surface area contributed by atoms with Gasteiger partial charge in [0, 0.05) is 24.7 Å². The first kappa shape index (κ1) is 42.9. The van der Waals surface area contributed by atoms with E-state index in [9.17, 15) is 27.6 Å². The van der Waals surface area contributed by atoms with Crippen LogP contribution in [0.3, 0.4) is 0 Å². The highest BCUT2D eigenvalue weighted by Crippen LogP contribution is 2.65. The zero-order valence-electron chi connectivity index (χ0n) is 35.1. The molecule has 1 aliphatic heterocycles. The van der Waals surface area contributed by atoms with Crippen LogP contribution < -0.4 is 21.3 Å². The first-order valence-electron chi connectivity index (χ1n) is 21.8. The summed E-state index contributed by atoms with van der Waals surface area (Å²) in [6.07, 6.45) is 12.8. The molecule has 0 unspecified atom stereocenters. The Hall–Kier alpha value is -2.74. The van der Waals surface area contributed by atoms with Crippen LogP contribution in [-0.4, -0.2) is 101 Å². The fourth-order valence-electron chi connectivity index (χ4n) is 10.6. The number of amides is 5. The van der Waals surface area contributed by atoms with Crippen molar-refractivity contribution in [2.45, 2.75) is 186 Å². The number of hydrogen-bond donors (Lipinski definition) is 4. The highest BCUT2D eigenvalue weighted by atomic mass is 32.2. The lowest BCUT2D eigenvalue weighted by Gasteiger charge is -2.44. The van der Waals surface area contributed by atoms with Gasteiger partial charge in [0.2, 0.25) is 27.6 Å². The molecule has 5 atom stereocenters. The zero-order chi connectivity index (χ0) is 40.8. The third kappa shape index (κ3) is 9.42. The average Bonchev–Trinajstić information content (AvgIpc) is 4.07. The van der Waals surface area contributed by atoms with Gasteiger partial charge >= 0.3 is 6.03 Å². The van der Waals surface area contributed by atoms with Crippen molar-refractivity contribution in [2.75, 3.05) is 18.8 Å². The van der Waals surface area contributed by atoms with E-state index in [2.05, 4.69) is 35.1 Å². The van der Waals surface area contributed by atoms with Gasteiger partial charge in [-0.1, -0.05) is 79.1 Å². The number of fused-ring (bicyclic) bond motifs is 1. The van der Waals surface area contributed by atoms with E-state index in [4.69, 9.17) is 0 Å². The number of hydrogen-bond acceptors (Lipinski definition) is 7. The van der Waals surface area contributed by atoms with Gasteiger partial charge in [-0.15, -0.1) is 0 Å². The lowest BCUT2D eigenvalue weighted by Crippen LogP contribution is -2.65. The molecule has 316 valence electrons. The number of rotatable bonds is 16. The van der Waals surface area contributed by atoms with Crippen molar-refractivity contribution < 1.29 is 32.4 Å². The summed E-state index contributed by atoms with van der Waals surface area (Å²) in [7, 11) is -3.76. The molecule has 6 aliphatic rings. The number of carbonyl (C=O) groups excluding carboxylic acids is 5. The quantitative estimate of drug-likeness (QED) is 0.163. The molecule has 4 N–H and O–H groups in total. The number of nitrogens with one attached hydrogen (secondary N) is 4. The van der Waals surface area contributed by atoms with Crippen molar-refractivity contribution in [3.63, 3.8) is 0 Å². The average molecular weight is 803 g/mol. The molecule has 5 aliphatic carbocycles. The topological polar surface area (TPSA) is 174 Å². The number of likely N-dealkylation sites (tertiary alicyclic amines) is 1. The first-order chi connectivity index (χ1) is 26.2. The van der Waals surface area contributed by atoms with Gasteiger partial charge in [0.15, 0.2) is 0 Å². The van der Waals surface area contributed by atoms with Gasteiger partial charge in [-0.05, 0) is 101 Å². The van der Waals surface area contributed by atoms with E-state index < -0.39 is 68.3 Å². The maximum atomic E-state index is 15.1. The van der Waals surface area contributed by atoms with Crippen LogP contribution >= 0.6 is 0 Å². The van der Waals surface area contributed by atoms with Crippen LogP contribution in [0.4, 0.5) is 4.79 Å². The normalized spacial score (nSPS) is 27.7. The molecule has 6 rings (SSSR count). The predicted molar refractivity (Wildman–Crippen MR) is 215 cm³/mol. The zero-order valence-corrected chi connectivity index (χ0v) is 36.0. The molecule has 5 amide bonds. The molecule has 5 saturated carbocycles. The fourth-order valence-corrected chi connectivity index (χ4v) is 13.0. The van der Waals surface area contributed by atoms with Gasteiger partial charge in [-0.2, -0.15) is 4.31 Å². The van der Waals surface area contributed by atoms with Crippen molar-refractivity contribution in [2.24, 2.45) is 28.6 Å². The van der Waals surface area contributed by atoms with Gasteiger partial charge in [0.25, 0.3) is 5.91 Å². The van der Waals surface area contributed by atoms with Crippen molar-refractivity contribution in [1.82, 2.24) is 30.5 Å². The summed E-state index contributed by atoms with van der Waals surface area (Å²) < 4.78 is 29.4. The molecule has 1 heterocycles. The smallest absolute Gasteiger partial charge is 0.315 e. The molecule has 1 saturated heterocycles. The Labute approximate surface area is 335 Å². The van der Waals surface area contributed by atoms with Crippen LogP contribution in [-0.2, 0) is 29.2 Å². The second kappa shape index (κ2) is 16.1. The number of ketones is 1. The Bertz CT molecular complexity index is 1620. The van der Waals surface area contributed by atoms with Gasteiger partial charge in [0.1, 0.15) is 12.1 Å². The van der Waals surface area contributed by atoms with Crippen LogP contribution in [0, 0.1) is 28.6 Å². The minimum atomic E-state index is -3.76. The Morgan fingerprint density at radius 1 is 0.857 bits per heavy atom. The van der Waals surface area contributed by atoms with E-state index in [0.29, 0.717) is 38.3 Å². The minimum Gasteiger partial charge on any atom is -0.347 e. The highest BCUT2D eigenvalue weighted by Gasteiger charge is 2.70. The molecule has 0 radical (unpaired) electrons. The van der Waals surface area contributed by atoms with Crippen LogP contribution in [0.2, 0.25) is 0 Å². The standard InChI is InChI=1S/C42H70N6O7S/c1-8-48(39(2,3)4)56(54,55)26-42(23-13-10-14-24-42)46-38(53)45-34(41(7)21-11-9-12-22-41)37(52)47-25-29-31(40(29,5)6)32(47)35(50)44-30(20-17-27-15-16-27)33(49)36(51)43-28-18-19-28/h27-32,34H,8-26H2,1-7H3,(H,43,51)(H,44,50)(H2,45,46,53)/t29-,30-,31-,32-,34+/m0/s1. The summed E-state index contributed by atoms with van der Waals surface area (Å²) >= 11 is 0. The summed E-state index contributed by atoms with van der Waals surface area (Å²) in [6, 6.07) is -3.33. The van der Waals surface area contributed by atoms with Gasteiger partial charge in [-0.3, -0.25) is 19.2 Å². The molecule has 56 heavy (non-hydrogen) atoms. The van der Waals surface area contributed by atoms with E-state index >= 15 is 4.79 Å². The fraction of sp³-hybridized carbons (Fsp3) is 0.881. The van der Waals surface area contributed by atoms with E-state index in [0.717, 1.165) is 83.5 Å². The number of Topliss-reactive ketones (excluding diaryl/α,β-unsaturated/α-hetero) is 1. The maximum Gasteiger partial charge on any atom is 0.315 e. The summed E-state index contributed by atoms with van der Waals surface area (Å²) in [6.45, 7) is 14.4. The third-order valence-electron chi connectivity index (χ3n) is 14.3. The second-order valence-electron chi connectivity index (χ2n) is 20.3. The van der Waals surface area contributed by atoms with Crippen LogP contribution in [0.5, 0.6) is 0 Å². The summed E-state index contributed by atoms with van der Waals surface area (Å²) in [4.78, 5) is 71.8. The molecule has 0 aromatic heterocycles. The highest BCUT2D eigenvalue weighted by molar-refractivity contribution is 7.89. The van der Waals surface area contributed by atoms with Crippen molar-refractivity contribution in [3.8, 4) is 0 Å². The van der Waals surface area contributed by atoms with Crippen molar-refractivity contribution in [1.29, 1.82) is 0 Å². The van der Waals surface area contributed by atoms with Crippen LogP contribution in [0.1, 0.15) is 151 Å². The molecule has 13 nitrogen and oxygen atoms in total. The minimum absolute atomic E-state index is 0.0110. The van der Waals surface area contributed by atoms with E-state index in [-0.39, 0.29) is 35.0 Å². The van der Waals surface area contributed by atoms with Gasteiger partial charge in [0.05, 0.1) is 17.3 Å². The number of sulfonamides is 1. The van der Waals surface area contributed by atoms with Crippen LogP contribution in [0.15, 0.2) is 0 Å². The van der Waals surface area contributed by atoms with Crippen molar-refractivity contribution >= 4 is 39.6 Å². The number of urea groups is 1. The lowest BCUT2D eigenvalue weighted by molar-refractivity contribution is -0.146. The first-order valence-corrected chi connectivity index (χ1v) is 23.4. The molecular formula is C42H70N6O7S. The Kier molecular flexibility index (Phi) is 12.3. The Morgan fingerprint density at radius 3 is 2.02 bits per heavy atom. The molecular weight excluding hydrogens is 733 g/mol. The predicted octanol–water partition coefficient (Wildman–Crippen LogP) is 4.78. The third-order valence-corrected chi connectivity index (χ3v) is 16.7. The van der Waals surface area contributed by atoms with Gasteiger partial charge in [-0.25, -0.2) is 13.2 Å². The number of piperidine rings is 1.